The maximum absolute atomic E-state index is 11.2. The van der Waals surface area contributed by atoms with Crippen molar-refractivity contribution < 1.29 is 34.7 Å². The average Bonchev–Trinajstić information content (AvgIpc) is 2.94. The summed E-state index contributed by atoms with van der Waals surface area (Å²) >= 11 is 1.35. The lowest BCUT2D eigenvalue weighted by molar-refractivity contribution is -0.246. The minimum atomic E-state index is -1.27. The van der Waals surface area contributed by atoms with Gasteiger partial charge in [-0.25, -0.2) is 4.79 Å². The number of hydrogen-bond acceptors (Lipinski definition) is 7. The van der Waals surface area contributed by atoms with E-state index in [4.69, 9.17) is 19.7 Å². The molecular formula is C13H16O7S. The van der Waals surface area contributed by atoms with Gasteiger partial charge >= 0.3 is 5.97 Å². The largest absolute Gasteiger partial charge is 0.475 e. The average molecular weight is 316 g/mol. The van der Waals surface area contributed by atoms with Crippen molar-refractivity contribution >= 4 is 23.4 Å². The molecule has 4 atom stereocenters. The Balaban J connectivity index is 2.09. The Morgan fingerprint density at radius 2 is 2.29 bits per heavy atom. The molecule has 1 aliphatic heterocycles. The Kier molecular flexibility index (Phi) is 5.32. The van der Waals surface area contributed by atoms with Gasteiger partial charge in [-0.15, -0.1) is 11.3 Å². The molecule has 116 valence electrons. The van der Waals surface area contributed by atoms with E-state index in [9.17, 15) is 15.0 Å². The highest BCUT2D eigenvalue weighted by Gasteiger charge is 2.38. The molecule has 1 aromatic rings. The predicted octanol–water partition coefficient (Wildman–Crippen LogP) is 0.0193. The molecule has 0 saturated carbocycles. The van der Waals surface area contributed by atoms with Gasteiger partial charge in [0.1, 0.15) is 12.2 Å². The monoisotopic (exact) mass is 316 g/mol. The highest BCUT2D eigenvalue weighted by Crippen LogP contribution is 2.24. The van der Waals surface area contributed by atoms with E-state index in [1.54, 1.807) is 17.5 Å². The molecule has 0 bridgehead atoms. The van der Waals surface area contributed by atoms with E-state index >= 15 is 0 Å². The fraction of sp³-hybridized carbons (Fsp3) is 0.462. The summed E-state index contributed by atoms with van der Waals surface area (Å²) in [7, 11) is 0. The highest BCUT2D eigenvalue weighted by molar-refractivity contribution is 7.10. The van der Waals surface area contributed by atoms with Gasteiger partial charge in [-0.05, 0) is 11.4 Å². The van der Waals surface area contributed by atoms with Crippen LogP contribution < -0.4 is 0 Å². The van der Waals surface area contributed by atoms with Crippen LogP contribution in [0.5, 0.6) is 0 Å². The molecule has 0 aromatic carbocycles. The van der Waals surface area contributed by atoms with E-state index in [1.807, 2.05) is 0 Å². The summed E-state index contributed by atoms with van der Waals surface area (Å²) in [5.74, 6) is -1.60. The zero-order chi connectivity index (χ0) is 15.4. The number of aliphatic carboxylic acids is 1. The molecule has 1 aliphatic rings. The van der Waals surface area contributed by atoms with Crippen molar-refractivity contribution in [1.82, 2.24) is 0 Å². The molecule has 0 aliphatic carbocycles. The first-order valence-corrected chi connectivity index (χ1v) is 7.17. The second-order valence-corrected chi connectivity index (χ2v) is 5.51. The molecule has 21 heavy (non-hydrogen) atoms. The van der Waals surface area contributed by atoms with Crippen LogP contribution in [-0.2, 0) is 14.3 Å². The zero-order valence-electron chi connectivity index (χ0n) is 11.0. The number of carboxylic acids is 1. The summed E-state index contributed by atoms with van der Waals surface area (Å²) in [5.41, 5.74) is 0. The number of carbonyl (C=O) groups is 1. The summed E-state index contributed by atoms with van der Waals surface area (Å²) in [5, 5.41) is 39.3. The topological polar surface area (TPSA) is 116 Å². The summed E-state index contributed by atoms with van der Waals surface area (Å²) in [6.07, 6.45) is -3.20. The lowest BCUT2D eigenvalue weighted by atomic mass is 10.0. The minimum Gasteiger partial charge on any atom is -0.475 e. The maximum atomic E-state index is 11.2. The van der Waals surface area contributed by atoms with Crippen molar-refractivity contribution in [2.45, 2.75) is 31.0 Å². The van der Waals surface area contributed by atoms with E-state index in [0.717, 1.165) is 0 Å². The van der Waals surface area contributed by atoms with Gasteiger partial charge in [-0.1, -0.05) is 6.07 Å². The molecule has 0 spiro atoms. The summed E-state index contributed by atoms with van der Waals surface area (Å²) < 4.78 is 10.5. The molecule has 1 aromatic heterocycles. The van der Waals surface area contributed by atoms with Crippen LogP contribution in [0.3, 0.4) is 0 Å². The molecular weight excluding hydrogens is 300 g/mol. The van der Waals surface area contributed by atoms with E-state index in [2.05, 4.69) is 0 Å². The highest BCUT2D eigenvalue weighted by atomic mass is 32.1. The number of carboxylic acid groups (broad SMARTS) is 1. The number of ether oxygens (including phenoxy) is 2. The summed E-state index contributed by atoms with van der Waals surface area (Å²) in [4.78, 5) is 11.9. The second kappa shape index (κ2) is 7.01. The SMILES string of the molecule is O=C(O)/C(=C/c1cccs1)OC1CC(O)[C@H](O)C(CO)O1. The first kappa shape index (κ1) is 15.9. The molecule has 1 saturated heterocycles. The molecule has 0 amide bonds. The van der Waals surface area contributed by atoms with Gasteiger partial charge < -0.3 is 29.9 Å². The van der Waals surface area contributed by atoms with Crippen molar-refractivity contribution in [3.8, 4) is 0 Å². The van der Waals surface area contributed by atoms with Crippen molar-refractivity contribution in [3.05, 3.63) is 28.1 Å². The van der Waals surface area contributed by atoms with Crippen LogP contribution in [0.2, 0.25) is 0 Å². The number of aliphatic hydroxyl groups is 3. The van der Waals surface area contributed by atoms with Crippen LogP contribution in [0, 0.1) is 0 Å². The quantitative estimate of drug-likeness (QED) is 0.447. The molecule has 0 radical (unpaired) electrons. The second-order valence-electron chi connectivity index (χ2n) is 4.53. The Morgan fingerprint density at radius 1 is 1.52 bits per heavy atom. The van der Waals surface area contributed by atoms with Crippen molar-refractivity contribution in [3.63, 3.8) is 0 Å². The van der Waals surface area contributed by atoms with Gasteiger partial charge in [0.05, 0.1) is 12.7 Å². The Labute approximate surface area is 124 Å². The third kappa shape index (κ3) is 4.02. The molecule has 4 N–H and O–H groups in total. The van der Waals surface area contributed by atoms with Crippen molar-refractivity contribution in [2.24, 2.45) is 0 Å². The fourth-order valence-electron chi connectivity index (χ4n) is 1.93. The Bertz CT molecular complexity index is 499. The Morgan fingerprint density at radius 3 is 2.86 bits per heavy atom. The maximum Gasteiger partial charge on any atom is 0.371 e. The van der Waals surface area contributed by atoms with Gasteiger partial charge in [0, 0.05) is 17.4 Å². The Hall–Kier alpha value is -1.45. The molecule has 2 rings (SSSR count). The number of rotatable bonds is 5. The van der Waals surface area contributed by atoms with Crippen LogP contribution in [-0.4, -0.2) is 57.6 Å². The third-order valence-electron chi connectivity index (χ3n) is 3.00. The molecule has 7 nitrogen and oxygen atoms in total. The first-order valence-electron chi connectivity index (χ1n) is 6.29. The molecule has 8 heteroatoms. The summed E-state index contributed by atoms with van der Waals surface area (Å²) in [6.45, 7) is -0.505. The minimum absolute atomic E-state index is 0.0905. The van der Waals surface area contributed by atoms with Crippen LogP contribution in [0.1, 0.15) is 11.3 Å². The molecule has 2 heterocycles. The van der Waals surface area contributed by atoms with E-state index < -0.39 is 37.2 Å². The smallest absolute Gasteiger partial charge is 0.371 e. The van der Waals surface area contributed by atoms with Gasteiger partial charge in [0.25, 0.3) is 0 Å². The van der Waals surface area contributed by atoms with Gasteiger partial charge in [0.15, 0.2) is 0 Å². The van der Waals surface area contributed by atoms with Crippen LogP contribution in [0.4, 0.5) is 0 Å². The van der Waals surface area contributed by atoms with E-state index in [0.29, 0.717) is 4.88 Å². The van der Waals surface area contributed by atoms with E-state index in [-0.39, 0.29) is 12.2 Å². The predicted molar refractivity (Wildman–Crippen MR) is 73.4 cm³/mol. The summed E-state index contributed by atoms with van der Waals surface area (Å²) in [6, 6.07) is 3.50. The van der Waals surface area contributed by atoms with Crippen LogP contribution in [0.15, 0.2) is 23.3 Å². The van der Waals surface area contributed by atoms with Crippen LogP contribution in [0.25, 0.3) is 6.08 Å². The van der Waals surface area contributed by atoms with Gasteiger partial charge in [-0.3, -0.25) is 0 Å². The van der Waals surface area contributed by atoms with Crippen molar-refractivity contribution in [2.75, 3.05) is 6.61 Å². The zero-order valence-corrected chi connectivity index (χ0v) is 11.8. The number of thiophene rings is 1. The standard InChI is InChI=1S/C13H16O7S/c14-6-10-12(16)8(15)5-11(20-10)19-9(13(17)18)4-7-2-1-3-21-7/h1-4,8,10-12,14-16H,5-6H2,(H,17,18)/b9-4-/t8?,10?,11?,12-/m0/s1. The molecule has 3 unspecified atom stereocenters. The molecule has 1 fully saturated rings. The fourth-order valence-corrected chi connectivity index (χ4v) is 2.58. The van der Waals surface area contributed by atoms with Gasteiger partial charge in [-0.2, -0.15) is 0 Å². The lowest BCUT2D eigenvalue weighted by Gasteiger charge is -2.36. The number of hydrogen-bond donors (Lipinski definition) is 4. The van der Waals surface area contributed by atoms with Crippen LogP contribution >= 0.6 is 11.3 Å². The van der Waals surface area contributed by atoms with E-state index in [1.165, 1.54) is 17.4 Å². The van der Waals surface area contributed by atoms with Gasteiger partial charge in [0.2, 0.25) is 12.0 Å². The first-order chi connectivity index (χ1) is 10.0. The third-order valence-corrected chi connectivity index (χ3v) is 3.82. The lowest BCUT2D eigenvalue weighted by Crippen LogP contribution is -2.50. The van der Waals surface area contributed by atoms with Crippen molar-refractivity contribution in [1.29, 1.82) is 0 Å². The normalized spacial score (nSPS) is 30.1. The number of aliphatic hydroxyl groups excluding tert-OH is 3.